The van der Waals surface area contributed by atoms with Gasteiger partial charge in [-0.15, -0.1) is 0 Å². The van der Waals surface area contributed by atoms with Crippen LogP contribution in [0, 0.1) is 0 Å². The Morgan fingerprint density at radius 3 is 2.81 bits per heavy atom. The lowest BCUT2D eigenvalue weighted by molar-refractivity contribution is -0.133. The topological polar surface area (TPSA) is 46.5 Å². The van der Waals surface area contributed by atoms with E-state index in [1.807, 2.05) is 6.07 Å². The first-order valence-electron chi connectivity index (χ1n) is 5.04. The lowest BCUT2D eigenvalue weighted by Gasteiger charge is -2.19. The van der Waals surface area contributed by atoms with Crippen molar-refractivity contribution in [3.05, 3.63) is 40.4 Å². The molecule has 3 nitrogen and oxygen atoms in total. The van der Waals surface area contributed by atoms with Gasteiger partial charge in [0.2, 0.25) is 0 Å². The molecule has 0 unspecified atom stereocenters. The van der Waals surface area contributed by atoms with Crippen LogP contribution in [0.15, 0.2) is 29.8 Å². The maximum Gasteiger partial charge on any atom is 0.335 e. The zero-order chi connectivity index (χ0) is 11.5. The molecule has 0 aliphatic carbocycles. The molecule has 0 atom stereocenters. The largest absolute Gasteiger partial charge is 0.492 e. The van der Waals surface area contributed by atoms with E-state index in [0.29, 0.717) is 34.9 Å². The van der Waals surface area contributed by atoms with E-state index in [9.17, 15) is 4.79 Å². The van der Waals surface area contributed by atoms with Crippen LogP contribution in [0.1, 0.15) is 18.4 Å². The first-order chi connectivity index (χ1) is 7.70. The predicted octanol–water partition coefficient (Wildman–Crippen LogP) is 2.95. The molecule has 1 aromatic carbocycles. The quantitative estimate of drug-likeness (QED) is 0.862. The van der Waals surface area contributed by atoms with Crippen molar-refractivity contribution in [2.24, 2.45) is 0 Å². The van der Waals surface area contributed by atoms with Crippen LogP contribution in [0.2, 0.25) is 5.02 Å². The Hall–Kier alpha value is -1.48. The van der Waals surface area contributed by atoms with E-state index in [2.05, 4.69) is 0 Å². The third-order valence-corrected chi connectivity index (χ3v) is 2.80. The molecule has 0 spiro atoms. The standard InChI is InChI=1S/C12H11ClO3/c13-10-6-2-1-4-8(10)11-9(12(14)15)5-3-7-16-11/h1-2,4,6H,3,5,7H2,(H,14,15). The molecular weight excluding hydrogens is 228 g/mol. The van der Waals surface area contributed by atoms with Crippen molar-refractivity contribution >= 4 is 23.3 Å². The van der Waals surface area contributed by atoms with Gasteiger partial charge in [-0.25, -0.2) is 4.79 Å². The van der Waals surface area contributed by atoms with Crippen LogP contribution < -0.4 is 0 Å². The normalized spacial score (nSPS) is 15.8. The van der Waals surface area contributed by atoms with Crippen LogP contribution in [0.3, 0.4) is 0 Å². The van der Waals surface area contributed by atoms with Gasteiger partial charge in [-0.3, -0.25) is 0 Å². The zero-order valence-corrected chi connectivity index (χ0v) is 9.33. The van der Waals surface area contributed by atoms with Gasteiger partial charge in [0, 0.05) is 5.56 Å². The molecule has 0 amide bonds. The summed E-state index contributed by atoms with van der Waals surface area (Å²) in [5.74, 6) is -0.529. The Morgan fingerprint density at radius 2 is 2.12 bits per heavy atom. The van der Waals surface area contributed by atoms with Crippen LogP contribution >= 0.6 is 11.6 Å². The maximum absolute atomic E-state index is 11.1. The number of halogens is 1. The van der Waals surface area contributed by atoms with Crippen molar-refractivity contribution in [2.75, 3.05) is 6.61 Å². The highest BCUT2D eigenvalue weighted by Gasteiger charge is 2.22. The fraction of sp³-hybridized carbons (Fsp3) is 0.250. The fourth-order valence-electron chi connectivity index (χ4n) is 1.71. The van der Waals surface area contributed by atoms with E-state index in [-0.39, 0.29) is 0 Å². The molecule has 1 aliphatic rings. The van der Waals surface area contributed by atoms with Gasteiger partial charge in [-0.05, 0) is 25.0 Å². The summed E-state index contributed by atoms with van der Waals surface area (Å²) in [7, 11) is 0. The highest BCUT2D eigenvalue weighted by molar-refractivity contribution is 6.32. The fourth-order valence-corrected chi connectivity index (χ4v) is 1.94. The summed E-state index contributed by atoms with van der Waals surface area (Å²) in [5, 5.41) is 9.59. The third kappa shape index (κ3) is 2.04. The summed E-state index contributed by atoms with van der Waals surface area (Å²) in [6.45, 7) is 0.539. The molecule has 1 N–H and O–H groups in total. The van der Waals surface area contributed by atoms with Crippen molar-refractivity contribution in [2.45, 2.75) is 12.8 Å². The second-order valence-corrected chi connectivity index (χ2v) is 3.95. The third-order valence-electron chi connectivity index (χ3n) is 2.47. The van der Waals surface area contributed by atoms with Crippen molar-refractivity contribution in [1.82, 2.24) is 0 Å². The van der Waals surface area contributed by atoms with Crippen molar-refractivity contribution in [3.63, 3.8) is 0 Å². The van der Waals surface area contributed by atoms with Gasteiger partial charge in [0.15, 0.2) is 0 Å². The Balaban J connectivity index is 2.52. The Morgan fingerprint density at radius 1 is 1.38 bits per heavy atom. The number of hydrogen-bond acceptors (Lipinski definition) is 2. The summed E-state index contributed by atoms with van der Waals surface area (Å²) < 4.78 is 5.43. The van der Waals surface area contributed by atoms with Gasteiger partial charge in [-0.1, -0.05) is 23.7 Å². The molecule has 0 saturated heterocycles. The molecule has 0 saturated carbocycles. The highest BCUT2D eigenvalue weighted by Crippen LogP contribution is 2.31. The second-order valence-electron chi connectivity index (χ2n) is 3.54. The van der Waals surface area contributed by atoms with Gasteiger partial charge < -0.3 is 9.84 Å². The number of benzene rings is 1. The first kappa shape index (κ1) is 11.0. The molecule has 1 heterocycles. The predicted molar refractivity (Wildman–Crippen MR) is 61.2 cm³/mol. The molecule has 16 heavy (non-hydrogen) atoms. The minimum Gasteiger partial charge on any atom is -0.492 e. The average Bonchev–Trinajstić information content (AvgIpc) is 2.29. The number of carboxylic acids is 1. The van der Waals surface area contributed by atoms with Crippen molar-refractivity contribution in [3.8, 4) is 0 Å². The molecule has 1 aromatic rings. The molecule has 0 aromatic heterocycles. The van der Waals surface area contributed by atoms with E-state index in [1.54, 1.807) is 18.2 Å². The van der Waals surface area contributed by atoms with Crippen LogP contribution in [0.5, 0.6) is 0 Å². The number of aliphatic carboxylic acids is 1. The summed E-state index contributed by atoms with van der Waals surface area (Å²) in [5.41, 5.74) is 0.959. The van der Waals surface area contributed by atoms with E-state index in [4.69, 9.17) is 21.4 Å². The zero-order valence-electron chi connectivity index (χ0n) is 8.57. The lowest BCUT2D eigenvalue weighted by Crippen LogP contribution is -2.13. The van der Waals surface area contributed by atoms with Crippen LogP contribution in [-0.4, -0.2) is 17.7 Å². The smallest absolute Gasteiger partial charge is 0.335 e. The lowest BCUT2D eigenvalue weighted by atomic mass is 10.0. The van der Waals surface area contributed by atoms with Gasteiger partial charge >= 0.3 is 5.97 Å². The maximum atomic E-state index is 11.1. The summed E-state index contributed by atoms with van der Waals surface area (Å²) in [4.78, 5) is 11.1. The molecule has 0 bridgehead atoms. The van der Waals surface area contributed by atoms with E-state index < -0.39 is 5.97 Å². The van der Waals surface area contributed by atoms with Crippen molar-refractivity contribution in [1.29, 1.82) is 0 Å². The second kappa shape index (κ2) is 4.58. The van der Waals surface area contributed by atoms with Crippen LogP contribution in [0.25, 0.3) is 5.76 Å². The SMILES string of the molecule is O=C(O)C1=C(c2ccccc2Cl)OCCC1. The average molecular weight is 239 g/mol. The van der Waals surface area contributed by atoms with Crippen molar-refractivity contribution < 1.29 is 14.6 Å². The summed E-state index contributed by atoms with van der Waals surface area (Å²) in [6, 6.07) is 7.11. The van der Waals surface area contributed by atoms with Gasteiger partial charge in [0.05, 0.1) is 17.2 Å². The molecule has 0 fully saturated rings. The van der Waals surface area contributed by atoms with Gasteiger partial charge in [0.25, 0.3) is 0 Å². The highest BCUT2D eigenvalue weighted by atomic mass is 35.5. The minimum absolute atomic E-state index is 0.305. The van der Waals surface area contributed by atoms with Gasteiger partial charge in [0.1, 0.15) is 5.76 Å². The monoisotopic (exact) mass is 238 g/mol. The Kier molecular flexibility index (Phi) is 3.15. The molecule has 1 aliphatic heterocycles. The number of rotatable bonds is 2. The van der Waals surface area contributed by atoms with E-state index in [1.165, 1.54) is 0 Å². The number of carbonyl (C=O) groups is 1. The number of hydrogen-bond donors (Lipinski definition) is 1. The summed E-state index contributed by atoms with van der Waals surface area (Å²) >= 11 is 6.02. The minimum atomic E-state index is -0.936. The van der Waals surface area contributed by atoms with E-state index >= 15 is 0 Å². The molecule has 4 heteroatoms. The molecular formula is C12H11ClO3. The molecule has 0 radical (unpaired) electrons. The van der Waals surface area contributed by atoms with E-state index in [0.717, 1.165) is 6.42 Å². The summed E-state index contributed by atoms with van der Waals surface area (Å²) in [6.07, 6.45) is 1.26. The number of ether oxygens (including phenoxy) is 1. The van der Waals surface area contributed by atoms with Gasteiger partial charge in [-0.2, -0.15) is 0 Å². The molecule has 84 valence electrons. The molecule has 2 rings (SSSR count). The van der Waals surface area contributed by atoms with Crippen LogP contribution in [0.4, 0.5) is 0 Å². The Bertz CT molecular complexity index is 451. The number of carboxylic acid groups (broad SMARTS) is 1. The van der Waals surface area contributed by atoms with Crippen LogP contribution in [-0.2, 0) is 9.53 Å². The first-order valence-corrected chi connectivity index (χ1v) is 5.42. The Labute approximate surface area is 98.3 Å².